The average molecular weight is 848 g/mol. The zero-order valence-corrected chi connectivity index (χ0v) is 36.6. The lowest BCUT2D eigenvalue weighted by Crippen LogP contribution is -2.49. The number of pyridine rings is 1. The van der Waals surface area contributed by atoms with Crippen molar-refractivity contribution in [2.45, 2.75) is 130 Å². The molecule has 5 atom stereocenters. The molecule has 58 heavy (non-hydrogen) atoms. The molecule has 16 heteroatoms. The van der Waals surface area contributed by atoms with Gasteiger partial charge in [0, 0.05) is 24.3 Å². The zero-order chi connectivity index (χ0) is 43.0. The number of ether oxygens (including phenoxy) is 4. The van der Waals surface area contributed by atoms with Crippen LogP contribution < -0.4 is 18.9 Å². The lowest BCUT2D eigenvalue weighted by Gasteiger charge is -2.35. The van der Waals surface area contributed by atoms with E-state index in [4.69, 9.17) is 34.7 Å². The molecule has 3 aliphatic rings. The number of esters is 1. The molecule has 2 amide bonds. The zero-order valence-electron chi connectivity index (χ0n) is 35.1. The summed E-state index contributed by atoms with van der Waals surface area (Å²) in [6, 6.07) is 3.94. The minimum atomic E-state index is -4.49. The van der Waals surface area contributed by atoms with Crippen molar-refractivity contribution in [1.82, 2.24) is 14.6 Å². The topological polar surface area (TPSA) is 177 Å². The van der Waals surface area contributed by atoms with Gasteiger partial charge in [-0.15, -0.1) is 6.58 Å². The number of benzene rings is 1. The molecule has 14 nitrogen and oxygen atoms in total. The average Bonchev–Trinajstić information content (AvgIpc) is 3.99. The van der Waals surface area contributed by atoms with E-state index in [9.17, 15) is 27.6 Å². The highest BCUT2D eigenvalue weighted by Gasteiger charge is 2.61. The van der Waals surface area contributed by atoms with Crippen molar-refractivity contribution in [3.63, 3.8) is 0 Å². The van der Waals surface area contributed by atoms with Crippen LogP contribution in [0.15, 0.2) is 30.9 Å². The number of nitrogens with zero attached hydrogens (tertiary/aromatic N) is 2. The minimum absolute atomic E-state index is 0.0307. The van der Waals surface area contributed by atoms with Gasteiger partial charge in [-0.05, 0) is 76.8 Å². The van der Waals surface area contributed by atoms with Crippen molar-refractivity contribution in [1.29, 1.82) is 0 Å². The summed E-state index contributed by atoms with van der Waals surface area (Å²) in [5.74, 6) is -2.76. The molecule has 3 fully saturated rings. The second-order valence-electron chi connectivity index (χ2n) is 17.8. The van der Waals surface area contributed by atoms with Crippen molar-refractivity contribution >= 4 is 56.4 Å². The molecule has 1 N–H and O–H groups in total. The molecule has 1 aliphatic heterocycles. The predicted molar refractivity (Wildman–Crippen MR) is 218 cm³/mol. The number of methoxy groups -OCH3 is 1. The maximum absolute atomic E-state index is 14.7. The molecule has 2 saturated carbocycles. The number of nitrogens with one attached hydrogen (secondary N) is 1. The van der Waals surface area contributed by atoms with Crippen molar-refractivity contribution in [2.75, 3.05) is 20.3 Å². The Labute approximate surface area is 346 Å². The number of halogens is 1. The Balaban J connectivity index is 1.48. The highest BCUT2D eigenvalue weighted by atomic mass is 35.5. The number of amides is 2. The summed E-state index contributed by atoms with van der Waals surface area (Å²) in [7, 11) is -3.00. The lowest BCUT2D eigenvalue weighted by atomic mass is 9.77. The monoisotopic (exact) mass is 847 g/mol. The van der Waals surface area contributed by atoms with Crippen LogP contribution in [0.5, 0.6) is 17.4 Å². The SMILES string of the molecule is C=C[C@@H]1C[C@]1(CC(=O)[C@@H]1C[C@@H](Oc2cc(OCC)nc3c(Cl)c(OC)ccc23)CN1C(=O)[C@@H](CC(=O)OC(C)(C)C)C(C)(C)C)C(=O)NS(=O)(=O)OC1(CCC)CC1. The second kappa shape index (κ2) is 17.0. The van der Waals surface area contributed by atoms with E-state index in [2.05, 4.69) is 16.3 Å². The Bertz CT molecular complexity index is 2040. The van der Waals surface area contributed by atoms with Crippen LogP contribution in [0.1, 0.15) is 107 Å². The molecule has 0 spiro atoms. The van der Waals surface area contributed by atoms with E-state index in [1.54, 1.807) is 39.0 Å². The maximum atomic E-state index is 14.7. The lowest BCUT2D eigenvalue weighted by molar-refractivity contribution is -0.161. The summed E-state index contributed by atoms with van der Waals surface area (Å²) in [5.41, 5.74) is -3.41. The van der Waals surface area contributed by atoms with Crippen LogP contribution in [0.2, 0.25) is 5.02 Å². The highest BCUT2D eigenvalue weighted by molar-refractivity contribution is 7.85. The first-order valence-electron chi connectivity index (χ1n) is 19.9. The van der Waals surface area contributed by atoms with Gasteiger partial charge in [-0.2, -0.15) is 8.42 Å². The summed E-state index contributed by atoms with van der Waals surface area (Å²) in [6.07, 6.45) is 2.76. The molecule has 2 aromatic rings. The van der Waals surface area contributed by atoms with Gasteiger partial charge in [0.05, 0.1) is 49.7 Å². The van der Waals surface area contributed by atoms with Gasteiger partial charge in [-0.25, -0.2) is 13.9 Å². The van der Waals surface area contributed by atoms with Crippen LogP contribution in [0.25, 0.3) is 10.9 Å². The van der Waals surface area contributed by atoms with Gasteiger partial charge in [0.25, 0.3) is 0 Å². The molecule has 1 saturated heterocycles. The first-order valence-corrected chi connectivity index (χ1v) is 21.7. The van der Waals surface area contributed by atoms with Crippen molar-refractivity contribution < 1.29 is 50.7 Å². The second-order valence-corrected chi connectivity index (χ2v) is 19.5. The van der Waals surface area contributed by atoms with Gasteiger partial charge in [-0.3, -0.25) is 19.2 Å². The Morgan fingerprint density at radius 3 is 2.34 bits per heavy atom. The van der Waals surface area contributed by atoms with Crippen LogP contribution in [-0.2, 0) is 38.4 Å². The van der Waals surface area contributed by atoms with Gasteiger partial charge in [0.2, 0.25) is 17.7 Å². The molecule has 1 aromatic heterocycles. The van der Waals surface area contributed by atoms with Crippen LogP contribution in [0.3, 0.4) is 0 Å². The van der Waals surface area contributed by atoms with E-state index in [-0.39, 0.29) is 43.1 Å². The maximum Gasteiger partial charge on any atom is 0.362 e. The van der Waals surface area contributed by atoms with E-state index >= 15 is 0 Å². The van der Waals surface area contributed by atoms with E-state index in [0.717, 1.165) is 0 Å². The number of allylic oxidation sites excluding steroid dienone is 1. The Hall–Kier alpha value is -3.95. The van der Waals surface area contributed by atoms with E-state index in [1.165, 1.54) is 18.1 Å². The number of likely N-dealkylation sites (tertiary alicyclic amines) is 1. The third kappa shape index (κ3) is 10.2. The smallest absolute Gasteiger partial charge is 0.362 e. The van der Waals surface area contributed by atoms with Crippen LogP contribution in [-0.4, -0.2) is 85.5 Å². The number of carbonyl (C=O) groups excluding carboxylic acids is 4. The number of fused-ring (bicyclic) bond motifs is 1. The van der Waals surface area contributed by atoms with Crippen molar-refractivity contribution in [3.8, 4) is 17.4 Å². The number of rotatable bonds is 18. The first-order chi connectivity index (χ1) is 27.0. The number of aromatic nitrogens is 1. The van der Waals surface area contributed by atoms with Crippen LogP contribution in [0.4, 0.5) is 0 Å². The van der Waals surface area contributed by atoms with Gasteiger partial charge < -0.3 is 23.8 Å². The highest BCUT2D eigenvalue weighted by Crippen LogP contribution is 2.57. The molecular weight excluding hydrogens is 790 g/mol. The number of hydrogen-bond donors (Lipinski definition) is 1. The quantitative estimate of drug-likeness (QED) is 0.122. The van der Waals surface area contributed by atoms with E-state index < -0.39 is 79.9 Å². The molecule has 320 valence electrons. The molecule has 2 heterocycles. The van der Waals surface area contributed by atoms with Crippen LogP contribution in [0, 0.1) is 22.7 Å². The fourth-order valence-electron chi connectivity index (χ4n) is 7.84. The molecule has 0 bridgehead atoms. The Kier molecular flexibility index (Phi) is 13.2. The molecule has 2 aliphatic carbocycles. The standard InChI is InChI=1S/C42H58ClN3O11S/c1-11-16-41(17-18-41)57-58(51,52)45-38(50)42(22-25(42)12-2)23-30(47)29-19-26(24-46(29)37(49)28(39(4,5)6)20-34(48)56-40(7,8)9)55-32-21-33(54-13-3)44-36-27(32)14-15-31(53-10)35(36)43/h12,14-15,21,25-26,28-29H,2,11,13,16-20,22-24H2,1,3-10H3,(H,45,50)/t25-,26-,28-,29+,42-/m1/s1. The van der Waals surface area contributed by atoms with Gasteiger partial charge in [0.1, 0.15) is 33.7 Å². The first kappa shape index (κ1) is 45.1. The van der Waals surface area contributed by atoms with E-state index in [0.29, 0.717) is 54.7 Å². The molecule has 5 rings (SSSR count). The molecular formula is C42H58ClN3O11S. The number of Topliss-reactive ketones (excluding diaryl/α,β-unsaturated/α-hetero) is 1. The summed E-state index contributed by atoms with van der Waals surface area (Å²) >= 11 is 6.68. The number of hydrogen-bond acceptors (Lipinski definition) is 12. The molecule has 0 radical (unpaired) electrons. The minimum Gasteiger partial charge on any atom is -0.495 e. The normalized spacial score (nSPS) is 23.1. The molecule has 1 aromatic carbocycles. The Morgan fingerprint density at radius 2 is 1.79 bits per heavy atom. The predicted octanol–water partition coefficient (Wildman–Crippen LogP) is 6.90. The number of ketones is 1. The number of carbonyl (C=O) groups is 4. The fourth-order valence-corrected chi connectivity index (χ4v) is 9.31. The molecule has 0 unspecified atom stereocenters. The largest absolute Gasteiger partial charge is 0.495 e. The van der Waals surface area contributed by atoms with Crippen molar-refractivity contribution in [3.05, 3.63) is 35.9 Å². The third-order valence-corrected chi connectivity index (χ3v) is 12.4. The van der Waals surface area contributed by atoms with Gasteiger partial charge in [0.15, 0.2) is 5.78 Å². The summed E-state index contributed by atoms with van der Waals surface area (Å²) in [5, 5.41) is 0.782. The van der Waals surface area contributed by atoms with Crippen molar-refractivity contribution in [2.24, 2.45) is 22.7 Å². The Morgan fingerprint density at radius 1 is 1.10 bits per heavy atom. The van der Waals surface area contributed by atoms with Gasteiger partial charge in [-0.1, -0.05) is 51.8 Å². The fraction of sp³-hybridized carbons (Fsp3) is 0.643. The van der Waals surface area contributed by atoms with E-state index in [1.807, 2.05) is 34.6 Å². The summed E-state index contributed by atoms with van der Waals surface area (Å²) in [4.78, 5) is 62.4. The summed E-state index contributed by atoms with van der Waals surface area (Å²) in [6.45, 7) is 18.6. The van der Waals surface area contributed by atoms with Crippen LogP contribution >= 0.6 is 11.6 Å². The van der Waals surface area contributed by atoms with Gasteiger partial charge >= 0.3 is 16.3 Å². The third-order valence-electron chi connectivity index (χ3n) is 11.1. The summed E-state index contributed by atoms with van der Waals surface area (Å²) < 4.78 is 57.1.